The molecule has 1 fully saturated rings. The maximum absolute atomic E-state index is 12.7. The summed E-state index contributed by atoms with van der Waals surface area (Å²) < 4.78 is 5.16. The molecule has 0 bridgehead atoms. The van der Waals surface area contributed by atoms with E-state index in [4.69, 9.17) is 4.74 Å². The second-order valence-corrected chi connectivity index (χ2v) is 9.78. The van der Waals surface area contributed by atoms with Crippen molar-refractivity contribution in [3.63, 3.8) is 0 Å². The van der Waals surface area contributed by atoms with Crippen molar-refractivity contribution in [2.75, 3.05) is 26.2 Å². The number of alkyl carbamates (subject to hydrolysis) is 1. The predicted molar refractivity (Wildman–Crippen MR) is 132 cm³/mol. The number of ether oxygens (including phenoxy) is 1. The Morgan fingerprint density at radius 2 is 1.91 bits per heavy atom. The average molecular weight is 486 g/mol. The number of piperidine rings is 1. The zero-order chi connectivity index (χ0) is 25.4. The Morgan fingerprint density at radius 3 is 2.69 bits per heavy atom. The number of hydrogen-bond acceptors (Lipinski definition) is 6. The van der Waals surface area contributed by atoms with E-state index in [1.54, 1.807) is 43.9 Å². The minimum Gasteiger partial charge on any atom is -0.444 e. The fourth-order valence-corrected chi connectivity index (χ4v) is 4.04. The summed E-state index contributed by atoms with van der Waals surface area (Å²) in [6.07, 6.45) is 2.34. The van der Waals surface area contributed by atoms with Crippen molar-refractivity contribution >= 4 is 28.8 Å². The molecule has 1 aromatic carbocycles. The van der Waals surface area contributed by atoms with Gasteiger partial charge in [-0.3, -0.25) is 14.4 Å². The third-order valence-electron chi connectivity index (χ3n) is 5.70. The van der Waals surface area contributed by atoms with E-state index in [0.29, 0.717) is 55.6 Å². The van der Waals surface area contributed by atoms with Crippen molar-refractivity contribution in [1.82, 2.24) is 25.5 Å². The predicted octanol–water partition coefficient (Wildman–Crippen LogP) is 2.13. The van der Waals surface area contributed by atoms with E-state index >= 15 is 0 Å². The Bertz CT molecular complexity index is 1110. The third kappa shape index (κ3) is 8.08. The van der Waals surface area contributed by atoms with Crippen LogP contribution >= 0.6 is 0 Å². The molecule has 1 aliphatic rings. The van der Waals surface area contributed by atoms with Crippen molar-refractivity contribution < 1.29 is 19.1 Å². The number of nitrogens with one attached hydrogen (secondary N) is 3. The Balaban J connectivity index is 1.40. The number of carbonyl (C=O) groups is 3. The molecule has 0 radical (unpaired) electrons. The van der Waals surface area contributed by atoms with E-state index < -0.39 is 11.7 Å². The van der Waals surface area contributed by atoms with Crippen LogP contribution in [0.3, 0.4) is 0 Å². The normalized spacial score (nSPS) is 16.1. The zero-order valence-corrected chi connectivity index (χ0v) is 20.7. The summed E-state index contributed by atoms with van der Waals surface area (Å²) in [5.74, 6) is 0.175. The summed E-state index contributed by atoms with van der Waals surface area (Å²) in [7, 11) is 0. The molecule has 1 unspecified atom stereocenters. The summed E-state index contributed by atoms with van der Waals surface area (Å²) in [5.41, 5.74) is -0.110. The summed E-state index contributed by atoms with van der Waals surface area (Å²) in [6, 6.07) is 7.16. The topological polar surface area (TPSA) is 133 Å². The number of fused-ring (bicyclic) bond motifs is 1. The number of nitrogens with zero attached hydrogens (tertiary/aromatic N) is 2. The second kappa shape index (κ2) is 11.8. The van der Waals surface area contributed by atoms with Gasteiger partial charge in [0.1, 0.15) is 11.4 Å². The number of amides is 3. The standard InChI is InChI=1S/C25H35N5O5/c1-25(2,3)35-24(34)27-14-13-26-22(32)17-8-7-15-30(16-17)21(31)12-6-11-20-28-19-10-5-4-9-18(19)23(33)29-20/h4-5,9-10,17H,6-8,11-16H2,1-3H3,(H,26,32)(H,27,34)(H,28,29,33). The van der Waals surface area contributed by atoms with Crippen molar-refractivity contribution in [2.24, 2.45) is 5.92 Å². The van der Waals surface area contributed by atoms with Crippen LogP contribution in [0.1, 0.15) is 52.3 Å². The first-order valence-electron chi connectivity index (χ1n) is 12.1. The number of likely N-dealkylation sites (tertiary alicyclic amines) is 1. The van der Waals surface area contributed by atoms with Gasteiger partial charge in [0, 0.05) is 39.0 Å². The van der Waals surface area contributed by atoms with E-state index in [-0.39, 0.29) is 29.8 Å². The number of carbonyl (C=O) groups excluding carboxylic acids is 3. The van der Waals surface area contributed by atoms with Gasteiger partial charge in [0.25, 0.3) is 5.56 Å². The highest BCUT2D eigenvalue weighted by Crippen LogP contribution is 2.18. The Kier molecular flexibility index (Phi) is 8.84. The molecule has 190 valence electrons. The van der Waals surface area contributed by atoms with Crippen molar-refractivity contribution in [1.29, 1.82) is 0 Å². The number of aromatic nitrogens is 2. The molecular weight excluding hydrogens is 450 g/mol. The Morgan fingerprint density at radius 1 is 1.17 bits per heavy atom. The molecule has 2 heterocycles. The SMILES string of the molecule is CC(C)(C)OC(=O)NCCNC(=O)C1CCCN(C(=O)CCCc2nc3ccccc3c(=O)[nH]2)C1. The van der Waals surface area contributed by atoms with Crippen LogP contribution in [-0.2, 0) is 20.7 Å². The van der Waals surface area contributed by atoms with Gasteiger partial charge in [0.15, 0.2) is 0 Å². The number of H-pyrrole nitrogens is 1. The molecule has 2 aromatic rings. The lowest BCUT2D eigenvalue weighted by Crippen LogP contribution is -2.46. The molecule has 1 aliphatic heterocycles. The first-order valence-corrected chi connectivity index (χ1v) is 12.1. The first kappa shape index (κ1) is 26.2. The number of hydrogen-bond donors (Lipinski definition) is 3. The monoisotopic (exact) mass is 485 g/mol. The summed E-state index contributed by atoms with van der Waals surface area (Å²) >= 11 is 0. The lowest BCUT2D eigenvalue weighted by molar-refractivity contribution is -0.135. The van der Waals surface area contributed by atoms with Gasteiger partial charge in [-0.15, -0.1) is 0 Å². The molecule has 0 aliphatic carbocycles. The molecule has 0 saturated carbocycles. The molecule has 3 amide bonds. The molecule has 3 N–H and O–H groups in total. The van der Waals surface area contributed by atoms with Crippen LogP contribution in [0.2, 0.25) is 0 Å². The van der Waals surface area contributed by atoms with E-state index in [9.17, 15) is 19.2 Å². The van der Waals surface area contributed by atoms with Gasteiger partial charge >= 0.3 is 6.09 Å². The molecular formula is C25H35N5O5. The molecule has 10 heteroatoms. The molecule has 3 rings (SSSR count). The Labute approximate surface area is 204 Å². The highest BCUT2D eigenvalue weighted by molar-refractivity contribution is 5.81. The van der Waals surface area contributed by atoms with Crippen LogP contribution < -0.4 is 16.2 Å². The highest BCUT2D eigenvalue weighted by atomic mass is 16.6. The van der Waals surface area contributed by atoms with E-state index in [1.165, 1.54) is 0 Å². The lowest BCUT2D eigenvalue weighted by atomic mass is 9.96. The number of para-hydroxylation sites is 1. The van der Waals surface area contributed by atoms with Crippen LogP contribution in [-0.4, -0.2) is 64.6 Å². The molecule has 0 spiro atoms. The van der Waals surface area contributed by atoms with Crippen molar-refractivity contribution in [3.05, 3.63) is 40.4 Å². The number of aromatic amines is 1. The van der Waals surface area contributed by atoms with Gasteiger partial charge in [-0.05, 0) is 52.2 Å². The first-order chi connectivity index (χ1) is 16.6. The van der Waals surface area contributed by atoms with Gasteiger partial charge in [0.05, 0.1) is 16.8 Å². The number of rotatable bonds is 8. The molecule has 1 aromatic heterocycles. The fraction of sp³-hybridized carbons (Fsp3) is 0.560. The Hall–Kier alpha value is -3.43. The van der Waals surface area contributed by atoms with Crippen LogP contribution in [0.5, 0.6) is 0 Å². The van der Waals surface area contributed by atoms with Crippen LogP contribution in [0.15, 0.2) is 29.1 Å². The summed E-state index contributed by atoms with van der Waals surface area (Å²) in [6.45, 7) is 6.92. The van der Waals surface area contributed by atoms with Crippen molar-refractivity contribution in [3.8, 4) is 0 Å². The summed E-state index contributed by atoms with van der Waals surface area (Å²) in [4.78, 5) is 58.1. The highest BCUT2D eigenvalue weighted by Gasteiger charge is 2.28. The quantitative estimate of drug-likeness (QED) is 0.491. The molecule has 1 atom stereocenters. The largest absolute Gasteiger partial charge is 0.444 e. The van der Waals surface area contributed by atoms with Gasteiger partial charge in [-0.2, -0.15) is 0 Å². The van der Waals surface area contributed by atoms with Crippen LogP contribution in [0.25, 0.3) is 10.9 Å². The van der Waals surface area contributed by atoms with Gasteiger partial charge in [-0.25, -0.2) is 9.78 Å². The van der Waals surface area contributed by atoms with Gasteiger partial charge < -0.3 is 25.3 Å². The average Bonchev–Trinajstić information content (AvgIpc) is 2.80. The molecule has 1 saturated heterocycles. The molecule has 10 nitrogen and oxygen atoms in total. The minimum atomic E-state index is -0.575. The second-order valence-electron chi connectivity index (χ2n) is 9.78. The minimum absolute atomic E-state index is 0.00257. The van der Waals surface area contributed by atoms with Crippen molar-refractivity contribution in [2.45, 2.75) is 58.5 Å². The van der Waals surface area contributed by atoms with Gasteiger partial charge in [-0.1, -0.05) is 12.1 Å². The van der Waals surface area contributed by atoms with E-state index in [2.05, 4.69) is 20.6 Å². The smallest absolute Gasteiger partial charge is 0.407 e. The van der Waals surface area contributed by atoms with Crippen LogP contribution in [0, 0.1) is 5.92 Å². The van der Waals surface area contributed by atoms with Crippen LogP contribution in [0.4, 0.5) is 4.79 Å². The third-order valence-corrected chi connectivity index (χ3v) is 5.70. The number of benzene rings is 1. The fourth-order valence-electron chi connectivity index (χ4n) is 4.04. The van der Waals surface area contributed by atoms with Gasteiger partial charge in [0.2, 0.25) is 11.8 Å². The lowest BCUT2D eigenvalue weighted by Gasteiger charge is -2.32. The number of aryl methyl sites for hydroxylation is 1. The maximum atomic E-state index is 12.7. The van der Waals surface area contributed by atoms with E-state index in [0.717, 1.165) is 12.8 Å². The van der Waals surface area contributed by atoms with E-state index in [1.807, 2.05) is 6.07 Å². The maximum Gasteiger partial charge on any atom is 0.407 e. The summed E-state index contributed by atoms with van der Waals surface area (Å²) in [5, 5.41) is 5.98. The molecule has 35 heavy (non-hydrogen) atoms. The zero-order valence-electron chi connectivity index (χ0n) is 20.7.